The number of hydrogen-bond acceptors (Lipinski definition) is 2. The van der Waals surface area contributed by atoms with E-state index in [4.69, 9.17) is 0 Å². The van der Waals surface area contributed by atoms with Gasteiger partial charge in [0, 0.05) is 18.5 Å². The summed E-state index contributed by atoms with van der Waals surface area (Å²) in [5, 5.41) is 3.32. The molecule has 2 nitrogen and oxygen atoms in total. The second kappa shape index (κ2) is 4.96. The highest BCUT2D eigenvalue weighted by molar-refractivity contribution is 4.86. The Morgan fingerprint density at radius 2 is 1.88 bits per heavy atom. The van der Waals surface area contributed by atoms with Crippen LogP contribution < -0.4 is 5.32 Å². The van der Waals surface area contributed by atoms with Gasteiger partial charge in [-0.25, -0.2) is 8.78 Å². The lowest BCUT2D eigenvalue weighted by Crippen LogP contribution is -2.50. The van der Waals surface area contributed by atoms with Crippen molar-refractivity contribution in [1.82, 2.24) is 10.2 Å². The molecule has 2 aliphatic rings. The fraction of sp³-hybridized carbons (Fsp3) is 1.00. The fourth-order valence-electron chi connectivity index (χ4n) is 2.92. The van der Waals surface area contributed by atoms with Gasteiger partial charge in [-0.2, -0.15) is 0 Å². The van der Waals surface area contributed by atoms with Crippen LogP contribution in [-0.4, -0.2) is 43.0 Å². The van der Waals surface area contributed by atoms with E-state index < -0.39 is 11.8 Å². The first-order valence-electron chi connectivity index (χ1n) is 6.40. The summed E-state index contributed by atoms with van der Waals surface area (Å²) in [6.07, 6.45) is 3.84. The average Bonchev–Trinajstić information content (AvgIpc) is 2.29. The Morgan fingerprint density at radius 3 is 2.50 bits per heavy atom. The Bertz CT molecular complexity index is 222. The molecule has 1 atom stereocenters. The largest absolute Gasteiger partial charge is 0.317 e. The Labute approximate surface area is 96.4 Å². The number of alkyl halides is 2. The first-order valence-corrected chi connectivity index (χ1v) is 6.40. The zero-order valence-corrected chi connectivity index (χ0v) is 10.0. The number of hydrogen-bond donors (Lipinski definition) is 1. The molecular weight excluding hydrogens is 210 g/mol. The van der Waals surface area contributed by atoms with Gasteiger partial charge in [0.15, 0.2) is 0 Å². The lowest BCUT2D eigenvalue weighted by atomic mass is 9.90. The molecule has 0 aromatic rings. The Kier molecular flexibility index (Phi) is 3.80. The lowest BCUT2D eigenvalue weighted by molar-refractivity contribution is -0.0733. The molecular formula is C12H22F2N2. The molecule has 0 radical (unpaired) electrons. The quantitative estimate of drug-likeness (QED) is 0.784. The van der Waals surface area contributed by atoms with Crippen molar-refractivity contribution < 1.29 is 8.78 Å². The minimum atomic E-state index is -2.51. The molecule has 2 saturated heterocycles. The Hall–Kier alpha value is -0.220. The van der Waals surface area contributed by atoms with Crippen molar-refractivity contribution >= 4 is 0 Å². The smallest absolute Gasteiger partial charge is 0.249 e. The second-order valence-corrected chi connectivity index (χ2v) is 5.27. The number of likely N-dealkylation sites (tertiary alicyclic amines) is 1. The summed E-state index contributed by atoms with van der Waals surface area (Å²) in [6, 6.07) is 0.534. The third-order valence-corrected chi connectivity index (χ3v) is 3.99. The molecule has 0 bridgehead atoms. The van der Waals surface area contributed by atoms with Crippen LogP contribution in [0.4, 0.5) is 8.78 Å². The predicted molar refractivity (Wildman–Crippen MR) is 60.8 cm³/mol. The van der Waals surface area contributed by atoms with Gasteiger partial charge in [0.25, 0.3) is 0 Å². The van der Waals surface area contributed by atoms with Gasteiger partial charge in [0.1, 0.15) is 0 Å². The van der Waals surface area contributed by atoms with Crippen molar-refractivity contribution in [3.05, 3.63) is 0 Å². The minimum absolute atomic E-state index is 0.434. The molecule has 0 aliphatic carbocycles. The van der Waals surface area contributed by atoms with Crippen molar-refractivity contribution in [3.8, 4) is 0 Å². The summed E-state index contributed by atoms with van der Waals surface area (Å²) < 4.78 is 26.6. The molecule has 2 heterocycles. The first-order chi connectivity index (χ1) is 7.57. The molecule has 0 saturated carbocycles. The highest BCUT2D eigenvalue weighted by Gasteiger charge is 2.38. The second-order valence-electron chi connectivity index (χ2n) is 5.27. The molecule has 0 amide bonds. The normalized spacial score (nSPS) is 30.6. The van der Waals surface area contributed by atoms with E-state index in [9.17, 15) is 8.78 Å². The van der Waals surface area contributed by atoms with Gasteiger partial charge in [0.2, 0.25) is 5.92 Å². The van der Waals surface area contributed by atoms with Crippen LogP contribution in [0.1, 0.15) is 32.6 Å². The van der Waals surface area contributed by atoms with Crippen LogP contribution >= 0.6 is 0 Å². The third kappa shape index (κ3) is 2.92. The maximum absolute atomic E-state index is 13.3. The standard InChI is InChI=1S/C12H22F2N2/c1-12(13,14)10-3-2-8-16(9-10)11-4-6-15-7-5-11/h10-11,15H,2-9H2,1H3/t10-/m1/s1. The number of nitrogens with one attached hydrogen (secondary N) is 1. The molecule has 2 aliphatic heterocycles. The Morgan fingerprint density at radius 1 is 1.19 bits per heavy atom. The Balaban J connectivity index is 1.90. The molecule has 94 valence electrons. The zero-order chi connectivity index (χ0) is 11.6. The molecule has 0 aromatic carbocycles. The van der Waals surface area contributed by atoms with Crippen molar-refractivity contribution in [2.24, 2.45) is 5.92 Å². The average molecular weight is 232 g/mol. The van der Waals surface area contributed by atoms with E-state index in [0.717, 1.165) is 45.8 Å². The van der Waals surface area contributed by atoms with Crippen molar-refractivity contribution in [1.29, 1.82) is 0 Å². The van der Waals surface area contributed by atoms with Crippen LogP contribution in [0.25, 0.3) is 0 Å². The van der Waals surface area contributed by atoms with E-state index in [1.54, 1.807) is 0 Å². The van der Waals surface area contributed by atoms with E-state index in [1.807, 2.05) is 0 Å². The van der Waals surface area contributed by atoms with Crippen LogP contribution in [0.2, 0.25) is 0 Å². The van der Waals surface area contributed by atoms with Gasteiger partial charge >= 0.3 is 0 Å². The van der Waals surface area contributed by atoms with Crippen molar-refractivity contribution in [2.75, 3.05) is 26.2 Å². The summed E-state index contributed by atoms with van der Waals surface area (Å²) in [5.74, 6) is -2.94. The van der Waals surface area contributed by atoms with Gasteiger partial charge in [-0.1, -0.05) is 0 Å². The molecule has 16 heavy (non-hydrogen) atoms. The molecule has 2 rings (SSSR count). The lowest BCUT2D eigenvalue weighted by Gasteiger charge is -2.41. The summed E-state index contributed by atoms with van der Waals surface area (Å²) in [5.41, 5.74) is 0. The maximum Gasteiger partial charge on any atom is 0.249 e. The highest BCUT2D eigenvalue weighted by atomic mass is 19.3. The van der Waals surface area contributed by atoms with E-state index in [2.05, 4.69) is 10.2 Å². The number of nitrogens with zero attached hydrogens (tertiary/aromatic N) is 1. The molecule has 0 unspecified atom stereocenters. The van der Waals surface area contributed by atoms with Crippen molar-refractivity contribution in [3.63, 3.8) is 0 Å². The number of piperidine rings is 2. The maximum atomic E-state index is 13.3. The van der Waals surface area contributed by atoms with Crippen molar-refractivity contribution in [2.45, 2.75) is 44.6 Å². The predicted octanol–water partition coefficient (Wildman–Crippen LogP) is 2.11. The van der Waals surface area contributed by atoms with Crippen LogP contribution in [0, 0.1) is 5.92 Å². The fourth-order valence-corrected chi connectivity index (χ4v) is 2.92. The molecule has 4 heteroatoms. The molecule has 0 spiro atoms. The topological polar surface area (TPSA) is 15.3 Å². The molecule has 2 fully saturated rings. The van der Waals surface area contributed by atoms with Gasteiger partial charge < -0.3 is 5.32 Å². The van der Waals surface area contributed by atoms with E-state index in [1.165, 1.54) is 0 Å². The monoisotopic (exact) mass is 232 g/mol. The first kappa shape index (κ1) is 12.2. The third-order valence-electron chi connectivity index (χ3n) is 3.99. The van der Waals surface area contributed by atoms with E-state index in [-0.39, 0.29) is 0 Å². The SMILES string of the molecule is CC(F)(F)[C@@H]1CCCN(C2CCNCC2)C1. The molecule has 0 aromatic heterocycles. The van der Waals surface area contributed by atoms with Gasteiger partial charge in [-0.3, -0.25) is 4.90 Å². The summed E-state index contributed by atoms with van der Waals surface area (Å²) in [6.45, 7) is 4.75. The van der Waals surface area contributed by atoms with Crippen LogP contribution in [0.3, 0.4) is 0 Å². The van der Waals surface area contributed by atoms with Gasteiger partial charge in [0.05, 0.1) is 0 Å². The number of rotatable bonds is 2. The summed E-state index contributed by atoms with van der Waals surface area (Å²) in [4.78, 5) is 2.30. The van der Waals surface area contributed by atoms with Crippen LogP contribution in [0.5, 0.6) is 0 Å². The van der Waals surface area contributed by atoms with Crippen LogP contribution in [0.15, 0.2) is 0 Å². The molecule has 1 N–H and O–H groups in total. The van der Waals surface area contributed by atoms with Crippen LogP contribution in [-0.2, 0) is 0 Å². The zero-order valence-electron chi connectivity index (χ0n) is 10.0. The van der Waals surface area contributed by atoms with E-state index >= 15 is 0 Å². The minimum Gasteiger partial charge on any atom is -0.317 e. The van der Waals surface area contributed by atoms with E-state index in [0.29, 0.717) is 19.0 Å². The summed E-state index contributed by atoms with van der Waals surface area (Å²) in [7, 11) is 0. The summed E-state index contributed by atoms with van der Waals surface area (Å²) >= 11 is 0. The highest BCUT2D eigenvalue weighted by Crippen LogP contribution is 2.32. The van der Waals surface area contributed by atoms with Gasteiger partial charge in [-0.15, -0.1) is 0 Å². The number of halogens is 2. The van der Waals surface area contributed by atoms with Gasteiger partial charge in [-0.05, 0) is 52.2 Å².